The molecule has 2 aromatic rings. The predicted molar refractivity (Wildman–Crippen MR) is 88.8 cm³/mol. The van der Waals surface area contributed by atoms with Crippen molar-refractivity contribution in [3.05, 3.63) is 65.7 Å². The zero-order chi connectivity index (χ0) is 16.9. The summed E-state index contributed by atoms with van der Waals surface area (Å²) in [7, 11) is 1.33. The summed E-state index contributed by atoms with van der Waals surface area (Å²) in [5.74, 6) is -0.177. The van der Waals surface area contributed by atoms with Gasteiger partial charge in [-0.05, 0) is 31.0 Å². The van der Waals surface area contributed by atoms with E-state index in [1.54, 1.807) is 24.3 Å². The molecule has 1 N–H and O–H groups in total. The molecule has 0 aliphatic heterocycles. The third kappa shape index (κ3) is 3.93. The van der Waals surface area contributed by atoms with Gasteiger partial charge in [0.05, 0.1) is 12.7 Å². The highest BCUT2D eigenvalue weighted by molar-refractivity contribution is 5.89. The summed E-state index contributed by atoms with van der Waals surface area (Å²) in [6.07, 6.45) is 1.25. The van der Waals surface area contributed by atoms with Crippen LogP contribution in [0, 0.1) is 0 Å². The molecule has 1 amide bonds. The van der Waals surface area contributed by atoms with E-state index in [9.17, 15) is 9.59 Å². The molecule has 0 saturated heterocycles. The minimum absolute atomic E-state index is 0.174. The number of esters is 1. The van der Waals surface area contributed by atoms with Gasteiger partial charge >= 0.3 is 5.97 Å². The van der Waals surface area contributed by atoms with E-state index in [1.165, 1.54) is 7.11 Å². The van der Waals surface area contributed by atoms with E-state index in [0.29, 0.717) is 11.3 Å². The molecule has 124 valence electrons. The zero-order valence-corrected chi connectivity index (χ0v) is 13.4. The molecule has 0 unspecified atom stereocenters. The molecule has 0 heterocycles. The first-order chi connectivity index (χ1) is 11.7. The maximum atomic E-state index is 12.5. The number of carbonyl (C=O) groups is 2. The molecule has 0 spiro atoms. The fourth-order valence-electron chi connectivity index (χ4n) is 2.36. The molecule has 1 saturated carbocycles. The summed E-state index contributed by atoms with van der Waals surface area (Å²) in [4.78, 5) is 24.2. The van der Waals surface area contributed by atoms with Crippen LogP contribution in [0.4, 0.5) is 0 Å². The Morgan fingerprint density at radius 3 is 2.50 bits per heavy atom. The first-order valence-corrected chi connectivity index (χ1v) is 7.88. The van der Waals surface area contributed by atoms with E-state index in [2.05, 4.69) is 5.32 Å². The van der Waals surface area contributed by atoms with Crippen LogP contribution >= 0.6 is 0 Å². The second-order valence-electron chi connectivity index (χ2n) is 5.71. The molecule has 1 aliphatic rings. The van der Waals surface area contributed by atoms with E-state index < -0.39 is 12.1 Å². The molecule has 1 aliphatic carbocycles. The largest absolute Gasteiger partial charge is 0.476 e. The van der Waals surface area contributed by atoms with Crippen LogP contribution in [0.25, 0.3) is 0 Å². The third-order valence-corrected chi connectivity index (χ3v) is 3.77. The van der Waals surface area contributed by atoms with Gasteiger partial charge in [-0.2, -0.15) is 0 Å². The van der Waals surface area contributed by atoms with Gasteiger partial charge < -0.3 is 14.8 Å². The highest BCUT2D eigenvalue weighted by Crippen LogP contribution is 2.26. The van der Waals surface area contributed by atoms with Crippen molar-refractivity contribution in [2.45, 2.75) is 25.0 Å². The highest BCUT2D eigenvalue weighted by atomic mass is 16.5. The van der Waals surface area contributed by atoms with Gasteiger partial charge in [-0.3, -0.25) is 4.79 Å². The number of hydrogen-bond donors (Lipinski definition) is 1. The van der Waals surface area contributed by atoms with Gasteiger partial charge in [0.15, 0.2) is 0 Å². The van der Waals surface area contributed by atoms with Crippen LogP contribution in [0.2, 0.25) is 0 Å². The van der Waals surface area contributed by atoms with Crippen molar-refractivity contribution in [3.8, 4) is 5.75 Å². The van der Waals surface area contributed by atoms with E-state index >= 15 is 0 Å². The first-order valence-electron chi connectivity index (χ1n) is 7.88. The summed E-state index contributed by atoms with van der Waals surface area (Å²) >= 11 is 0. The number of benzene rings is 2. The van der Waals surface area contributed by atoms with Crippen LogP contribution in [0.15, 0.2) is 54.6 Å². The Bertz CT molecular complexity index is 725. The lowest BCUT2D eigenvalue weighted by Crippen LogP contribution is -2.33. The molecule has 0 radical (unpaired) electrons. The van der Waals surface area contributed by atoms with Gasteiger partial charge in [0.2, 0.25) is 6.10 Å². The maximum absolute atomic E-state index is 12.5. The van der Waals surface area contributed by atoms with E-state index in [-0.39, 0.29) is 11.9 Å². The molecular formula is C19H19NO4. The lowest BCUT2D eigenvalue weighted by atomic mass is 10.1. The predicted octanol–water partition coefficient (Wildman–Crippen LogP) is 2.87. The van der Waals surface area contributed by atoms with Crippen molar-refractivity contribution in [2.24, 2.45) is 0 Å². The highest BCUT2D eigenvalue weighted by Gasteiger charge is 2.29. The fourth-order valence-corrected chi connectivity index (χ4v) is 2.36. The number of rotatable bonds is 6. The number of methoxy groups -OCH3 is 1. The van der Waals surface area contributed by atoms with E-state index in [4.69, 9.17) is 9.47 Å². The molecule has 3 rings (SSSR count). The van der Waals surface area contributed by atoms with Crippen molar-refractivity contribution in [1.82, 2.24) is 5.32 Å². The Kier molecular flexibility index (Phi) is 4.79. The zero-order valence-electron chi connectivity index (χ0n) is 13.4. The molecule has 1 fully saturated rings. The summed E-state index contributed by atoms with van der Waals surface area (Å²) in [5.41, 5.74) is 1.14. The third-order valence-electron chi connectivity index (χ3n) is 3.77. The van der Waals surface area contributed by atoms with Gasteiger partial charge in [-0.1, -0.05) is 36.4 Å². The van der Waals surface area contributed by atoms with Crippen LogP contribution in [-0.4, -0.2) is 25.0 Å². The Balaban J connectivity index is 1.83. The topological polar surface area (TPSA) is 64.6 Å². The Labute approximate surface area is 140 Å². The Hall–Kier alpha value is -2.82. The Morgan fingerprint density at radius 1 is 1.08 bits per heavy atom. The minimum atomic E-state index is -0.764. The van der Waals surface area contributed by atoms with Gasteiger partial charge in [0, 0.05) is 11.6 Å². The molecule has 5 heteroatoms. The van der Waals surface area contributed by atoms with Crippen molar-refractivity contribution in [2.75, 3.05) is 7.11 Å². The summed E-state index contributed by atoms with van der Waals surface area (Å²) in [5, 5.41) is 2.97. The minimum Gasteiger partial charge on any atom is -0.476 e. The van der Waals surface area contributed by atoms with Gasteiger partial charge in [-0.15, -0.1) is 0 Å². The number of amides is 1. The molecule has 5 nitrogen and oxygen atoms in total. The van der Waals surface area contributed by atoms with Crippen molar-refractivity contribution in [3.63, 3.8) is 0 Å². The van der Waals surface area contributed by atoms with Crippen molar-refractivity contribution >= 4 is 11.9 Å². The molecule has 1 atom stereocenters. The lowest BCUT2D eigenvalue weighted by Gasteiger charge is -2.19. The quantitative estimate of drug-likeness (QED) is 0.830. The van der Waals surface area contributed by atoms with E-state index in [1.807, 2.05) is 30.3 Å². The molecule has 2 aromatic carbocycles. The maximum Gasteiger partial charge on any atom is 0.337 e. The van der Waals surface area contributed by atoms with Gasteiger partial charge in [0.1, 0.15) is 5.75 Å². The lowest BCUT2D eigenvalue weighted by molar-refractivity contribution is -0.128. The number of ether oxygens (including phenoxy) is 2. The second-order valence-corrected chi connectivity index (χ2v) is 5.71. The number of nitrogens with one attached hydrogen (secondary N) is 1. The molecular weight excluding hydrogens is 306 g/mol. The molecule has 0 aromatic heterocycles. The number of hydrogen-bond acceptors (Lipinski definition) is 4. The smallest absolute Gasteiger partial charge is 0.337 e. The van der Waals surface area contributed by atoms with Crippen molar-refractivity contribution < 1.29 is 19.1 Å². The van der Waals surface area contributed by atoms with Crippen molar-refractivity contribution in [1.29, 1.82) is 0 Å². The van der Waals surface area contributed by atoms with E-state index in [0.717, 1.165) is 18.4 Å². The normalized spacial score (nSPS) is 14.5. The summed E-state index contributed by atoms with van der Waals surface area (Å²) in [6.45, 7) is 0. The second kappa shape index (κ2) is 7.17. The molecule has 24 heavy (non-hydrogen) atoms. The van der Waals surface area contributed by atoms with Crippen LogP contribution in [0.1, 0.15) is 34.9 Å². The van der Waals surface area contributed by atoms with Crippen LogP contribution < -0.4 is 10.1 Å². The van der Waals surface area contributed by atoms with Crippen LogP contribution in [0.3, 0.4) is 0 Å². The van der Waals surface area contributed by atoms with Crippen LogP contribution in [0.5, 0.6) is 5.75 Å². The average Bonchev–Trinajstić information content (AvgIpc) is 3.44. The fraction of sp³-hybridized carbons (Fsp3) is 0.263. The SMILES string of the molecule is COC(=O)c1cccc(O[C@@H](C(=O)NC2CC2)c2ccccc2)c1. The first kappa shape index (κ1) is 16.1. The van der Waals surface area contributed by atoms with Gasteiger partial charge in [-0.25, -0.2) is 4.79 Å². The Morgan fingerprint density at radius 2 is 1.83 bits per heavy atom. The monoisotopic (exact) mass is 325 g/mol. The average molecular weight is 325 g/mol. The molecule has 0 bridgehead atoms. The standard InChI is InChI=1S/C19H19NO4/c1-23-19(22)14-8-5-9-16(12-14)24-17(13-6-3-2-4-7-13)18(21)20-15-10-11-15/h2-9,12,15,17H,10-11H2,1H3,(H,20,21)/t17-/m1/s1. The number of carbonyl (C=O) groups excluding carboxylic acids is 2. The van der Waals surface area contributed by atoms with Gasteiger partial charge in [0.25, 0.3) is 5.91 Å². The summed E-state index contributed by atoms with van der Waals surface area (Å²) in [6, 6.07) is 16.2. The summed E-state index contributed by atoms with van der Waals surface area (Å²) < 4.78 is 10.6. The van der Waals surface area contributed by atoms with Crippen LogP contribution in [-0.2, 0) is 9.53 Å².